The molecule has 2 fully saturated rings. The zero-order valence-corrected chi connectivity index (χ0v) is 10.5. The molecular formula is C12H14BrFN2. The van der Waals surface area contributed by atoms with E-state index >= 15 is 0 Å². The van der Waals surface area contributed by atoms with Gasteiger partial charge in [-0.05, 0) is 37.8 Å². The number of piperidine rings is 1. The van der Waals surface area contributed by atoms with Gasteiger partial charge in [-0.15, -0.1) is 0 Å². The summed E-state index contributed by atoms with van der Waals surface area (Å²) < 4.78 is 13.7. The van der Waals surface area contributed by atoms with Crippen molar-refractivity contribution in [3.63, 3.8) is 0 Å². The highest BCUT2D eigenvalue weighted by Crippen LogP contribution is 2.41. The van der Waals surface area contributed by atoms with Crippen molar-refractivity contribution in [1.29, 1.82) is 0 Å². The van der Waals surface area contributed by atoms with Gasteiger partial charge in [0.2, 0.25) is 0 Å². The molecule has 0 aromatic carbocycles. The van der Waals surface area contributed by atoms with Gasteiger partial charge in [-0.25, -0.2) is 9.37 Å². The molecule has 4 heteroatoms. The van der Waals surface area contributed by atoms with Gasteiger partial charge in [0.15, 0.2) is 11.6 Å². The van der Waals surface area contributed by atoms with Crippen LogP contribution >= 0.6 is 15.9 Å². The van der Waals surface area contributed by atoms with Crippen LogP contribution < -0.4 is 4.90 Å². The van der Waals surface area contributed by atoms with Gasteiger partial charge in [-0.2, -0.15) is 0 Å². The number of fused-ring (bicyclic) bond motifs is 2. The molecule has 2 nitrogen and oxygen atoms in total. The maximum Gasteiger partial charge on any atom is 0.165 e. The number of nitrogens with zero attached hydrogens (tertiary/aromatic N) is 2. The zero-order valence-electron chi connectivity index (χ0n) is 8.94. The number of halogens is 2. The van der Waals surface area contributed by atoms with Crippen LogP contribution in [0.1, 0.15) is 25.7 Å². The lowest BCUT2D eigenvalue weighted by Crippen LogP contribution is -2.44. The molecule has 2 atom stereocenters. The lowest BCUT2D eigenvalue weighted by atomic mass is 10.0. The third-order valence-electron chi connectivity index (χ3n) is 3.66. The highest BCUT2D eigenvalue weighted by atomic mass is 79.9. The first-order valence-electron chi connectivity index (χ1n) is 5.78. The maximum atomic E-state index is 13.7. The largest absolute Gasteiger partial charge is 0.348 e. The van der Waals surface area contributed by atoms with Crippen LogP contribution in [0.3, 0.4) is 0 Å². The van der Waals surface area contributed by atoms with E-state index < -0.39 is 0 Å². The van der Waals surface area contributed by atoms with Crippen LogP contribution in [0.15, 0.2) is 18.3 Å². The van der Waals surface area contributed by atoms with Gasteiger partial charge in [0.05, 0.1) is 0 Å². The van der Waals surface area contributed by atoms with Gasteiger partial charge in [-0.1, -0.05) is 15.9 Å². The fourth-order valence-corrected chi connectivity index (χ4v) is 3.89. The molecule has 2 aliphatic heterocycles. The van der Waals surface area contributed by atoms with Gasteiger partial charge >= 0.3 is 0 Å². The molecule has 0 amide bonds. The van der Waals surface area contributed by atoms with Gasteiger partial charge in [0, 0.05) is 23.1 Å². The summed E-state index contributed by atoms with van der Waals surface area (Å²) in [5.74, 6) is 0.363. The Labute approximate surface area is 103 Å². The van der Waals surface area contributed by atoms with E-state index in [1.165, 1.54) is 18.9 Å². The van der Waals surface area contributed by atoms with E-state index in [4.69, 9.17) is 0 Å². The van der Waals surface area contributed by atoms with Crippen molar-refractivity contribution in [2.75, 3.05) is 4.90 Å². The molecule has 0 saturated carbocycles. The second-order valence-electron chi connectivity index (χ2n) is 4.67. The molecule has 16 heavy (non-hydrogen) atoms. The summed E-state index contributed by atoms with van der Waals surface area (Å²) in [6, 6.07) is 4.08. The van der Waals surface area contributed by atoms with E-state index in [1.807, 2.05) is 0 Å². The summed E-state index contributed by atoms with van der Waals surface area (Å²) in [5, 5.41) is 0. The fraction of sp³-hybridized carbons (Fsp3) is 0.583. The average Bonchev–Trinajstić information content (AvgIpc) is 2.53. The number of pyridine rings is 1. The van der Waals surface area contributed by atoms with Gasteiger partial charge in [0.1, 0.15) is 0 Å². The van der Waals surface area contributed by atoms with Gasteiger partial charge < -0.3 is 4.90 Å². The number of hydrogen-bond acceptors (Lipinski definition) is 2. The van der Waals surface area contributed by atoms with Crippen LogP contribution in [0.5, 0.6) is 0 Å². The summed E-state index contributed by atoms with van der Waals surface area (Å²) >= 11 is 3.69. The standard InChI is InChI=1S/C12H14BrFN2/c13-8-6-9-3-4-10(7-8)16(9)12-11(14)2-1-5-15-12/h1-2,5,8-10H,3-4,6-7H2. The van der Waals surface area contributed by atoms with Crippen molar-refractivity contribution in [3.8, 4) is 0 Å². The van der Waals surface area contributed by atoms with Crippen LogP contribution in [0.4, 0.5) is 10.2 Å². The Morgan fingerprint density at radius 3 is 2.62 bits per heavy atom. The van der Waals surface area contributed by atoms with E-state index in [0.717, 1.165) is 12.8 Å². The molecule has 2 unspecified atom stereocenters. The Balaban J connectivity index is 1.94. The summed E-state index contributed by atoms with van der Waals surface area (Å²) in [4.78, 5) is 7.00. The minimum Gasteiger partial charge on any atom is -0.348 e. The first-order valence-corrected chi connectivity index (χ1v) is 6.70. The number of aromatic nitrogens is 1. The molecule has 0 aliphatic carbocycles. The molecule has 0 radical (unpaired) electrons. The molecule has 3 rings (SSSR count). The van der Waals surface area contributed by atoms with Crippen molar-refractivity contribution in [3.05, 3.63) is 24.1 Å². The molecule has 86 valence electrons. The van der Waals surface area contributed by atoms with E-state index in [-0.39, 0.29) is 5.82 Å². The normalized spacial score (nSPS) is 33.1. The lowest BCUT2D eigenvalue weighted by Gasteiger charge is -2.38. The monoisotopic (exact) mass is 284 g/mol. The Kier molecular flexibility index (Phi) is 2.62. The summed E-state index contributed by atoms with van der Waals surface area (Å²) in [5.41, 5.74) is 0. The van der Waals surface area contributed by atoms with Crippen molar-refractivity contribution in [2.45, 2.75) is 42.6 Å². The van der Waals surface area contributed by atoms with Crippen LogP contribution in [0.25, 0.3) is 0 Å². The average molecular weight is 285 g/mol. The van der Waals surface area contributed by atoms with E-state index in [9.17, 15) is 4.39 Å². The number of rotatable bonds is 1. The first kappa shape index (κ1) is 10.5. The van der Waals surface area contributed by atoms with Gasteiger partial charge in [0.25, 0.3) is 0 Å². The first-order chi connectivity index (χ1) is 7.75. The van der Waals surface area contributed by atoms with Gasteiger partial charge in [-0.3, -0.25) is 0 Å². The van der Waals surface area contributed by atoms with Crippen molar-refractivity contribution in [1.82, 2.24) is 4.98 Å². The zero-order chi connectivity index (χ0) is 11.1. The van der Waals surface area contributed by atoms with E-state index in [0.29, 0.717) is 22.7 Å². The Bertz CT molecular complexity index is 384. The van der Waals surface area contributed by atoms with Crippen molar-refractivity contribution >= 4 is 21.7 Å². The summed E-state index contributed by atoms with van der Waals surface area (Å²) in [7, 11) is 0. The topological polar surface area (TPSA) is 16.1 Å². The predicted molar refractivity (Wildman–Crippen MR) is 65.4 cm³/mol. The second-order valence-corrected chi connectivity index (χ2v) is 5.96. The number of anilines is 1. The van der Waals surface area contributed by atoms with Crippen molar-refractivity contribution in [2.24, 2.45) is 0 Å². The summed E-state index contributed by atoms with van der Waals surface area (Å²) in [6.45, 7) is 0. The molecule has 1 aromatic rings. The fourth-order valence-electron chi connectivity index (χ4n) is 3.02. The lowest BCUT2D eigenvalue weighted by molar-refractivity contribution is 0.468. The molecule has 3 heterocycles. The van der Waals surface area contributed by atoms with E-state index in [2.05, 4.69) is 25.8 Å². The smallest absolute Gasteiger partial charge is 0.165 e. The molecule has 2 bridgehead atoms. The highest BCUT2D eigenvalue weighted by molar-refractivity contribution is 9.09. The SMILES string of the molecule is Fc1cccnc1N1C2CCC1CC(Br)C2. The Morgan fingerprint density at radius 1 is 1.31 bits per heavy atom. The maximum absolute atomic E-state index is 13.7. The second kappa shape index (κ2) is 3.99. The molecule has 0 spiro atoms. The minimum atomic E-state index is -0.188. The quantitative estimate of drug-likeness (QED) is 0.737. The molecule has 2 saturated heterocycles. The molecular weight excluding hydrogens is 271 g/mol. The van der Waals surface area contributed by atoms with Crippen LogP contribution in [-0.4, -0.2) is 21.9 Å². The third kappa shape index (κ3) is 1.63. The van der Waals surface area contributed by atoms with Crippen molar-refractivity contribution < 1.29 is 4.39 Å². The number of hydrogen-bond donors (Lipinski definition) is 0. The Morgan fingerprint density at radius 2 is 2.00 bits per heavy atom. The summed E-state index contributed by atoms with van der Waals surface area (Å²) in [6.07, 6.45) is 6.22. The third-order valence-corrected chi connectivity index (χ3v) is 4.41. The highest BCUT2D eigenvalue weighted by Gasteiger charge is 2.41. The Hall–Kier alpha value is -0.640. The van der Waals surface area contributed by atoms with Crippen LogP contribution in [0.2, 0.25) is 0 Å². The molecule has 0 N–H and O–H groups in total. The van der Waals surface area contributed by atoms with Crippen LogP contribution in [0, 0.1) is 5.82 Å². The predicted octanol–water partition coefficient (Wildman–Crippen LogP) is 3.12. The molecule has 2 aliphatic rings. The minimum absolute atomic E-state index is 0.188. The molecule has 1 aromatic heterocycles. The van der Waals surface area contributed by atoms with Crippen LogP contribution in [-0.2, 0) is 0 Å². The van der Waals surface area contributed by atoms with E-state index in [1.54, 1.807) is 12.3 Å². The number of alkyl halides is 1.